The number of aliphatic hydroxyl groups excluding tert-OH is 1. The molecule has 0 amide bonds. The molecule has 0 bridgehead atoms. The molecule has 1 atom stereocenters. The molecule has 1 aromatic rings. The molecule has 1 N–H and O–H groups in total. The fraction of sp³-hybridized carbons (Fsp3) is 0.750. The minimum atomic E-state index is 0.113. The zero-order valence-electron chi connectivity index (χ0n) is 10.0. The third-order valence-electron chi connectivity index (χ3n) is 3.09. The topological polar surface area (TPSA) is 45.6 Å². The van der Waals surface area contributed by atoms with Crippen LogP contribution in [0, 0.1) is 0 Å². The van der Waals surface area contributed by atoms with Crippen molar-refractivity contribution >= 4 is 11.3 Å². The summed E-state index contributed by atoms with van der Waals surface area (Å²) in [5.41, 5.74) is 0. The lowest BCUT2D eigenvalue weighted by atomic mass is 9.99. The number of likely N-dealkylation sites (tertiary alicyclic amines) is 1. The molecule has 0 spiro atoms. The minimum Gasteiger partial charge on any atom is -0.394 e. The van der Waals surface area contributed by atoms with Crippen LogP contribution in [0.15, 0.2) is 11.6 Å². The van der Waals surface area contributed by atoms with Crippen LogP contribution in [0.25, 0.3) is 0 Å². The summed E-state index contributed by atoms with van der Waals surface area (Å²) < 4.78 is 5.31. The van der Waals surface area contributed by atoms with Gasteiger partial charge in [0.25, 0.3) is 0 Å². The minimum absolute atomic E-state index is 0.113. The van der Waals surface area contributed by atoms with Crippen LogP contribution in [0.1, 0.15) is 23.8 Å². The zero-order chi connectivity index (χ0) is 11.9. The van der Waals surface area contributed by atoms with Gasteiger partial charge in [-0.05, 0) is 19.4 Å². The molecule has 0 aromatic carbocycles. The smallest absolute Gasteiger partial charge is 0.0968 e. The first-order valence-electron chi connectivity index (χ1n) is 6.20. The summed E-state index contributed by atoms with van der Waals surface area (Å²) in [5.74, 6) is 0.599. The predicted octanol–water partition coefficient (Wildman–Crippen LogP) is 1.33. The summed E-state index contributed by atoms with van der Waals surface area (Å²) in [6.07, 6.45) is 4.38. The van der Waals surface area contributed by atoms with Crippen LogP contribution >= 0.6 is 11.3 Å². The van der Waals surface area contributed by atoms with Crippen molar-refractivity contribution in [2.45, 2.75) is 18.8 Å². The SMILES string of the molecule is OCCOCCN1CCCC(c2nccs2)C1. The highest BCUT2D eigenvalue weighted by molar-refractivity contribution is 7.09. The standard InChI is InChI=1S/C12H20N2O2S/c15-6-8-16-7-5-14-4-1-2-11(10-14)12-13-3-9-17-12/h3,9,11,15H,1-2,4-8,10H2. The van der Waals surface area contributed by atoms with Crippen LogP contribution in [0.5, 0.6) is 0 Å². The Bertz CT molecular complexity index is 305. The van der Waals surface area contributed by atoms with Crippen molar-refractivity contribution in [3.63, 3.8) is 0 Å². The summed E-state index contributed by atoms with van der Waals surface area (Å²) in [4.78, 5) is 6.85. The molecule has 2 heterocycles. The van der Waals surface area contributed by atoms with Gasteiger partial charge in [-0.1, -0.05) is 0 Å². The molecule has 1 fully saturated rings. The Kier molecular flexibility index (Phi) is 5.38. The normalized spacial score (nSPS) is 21.8. The molecule has 0 radical (unpaired) electrons. The number of aliphatic hydroxyl groups is 1. The fourth-order valence-electron chi connectivity index (χ4n) is 2.26. The monoisotopic (exact) mass is 256 g/mol. The van der Waals surface area contributed by atoms with Crippen molar-refractivity contribution in [3.05, 3.63) is 16.6 Å². The van der Waals surface area contributed by atoms with Gasteiger partial charge in [-0.2, -0.15) is 0 Å². The molecule has 0 saturated carbocycles. The van der Waals surface area contributed by atoms with E-state index in [9.17, 15) is 0 Å². The number of nitrogens with zero attached hydrogens (tertiary/aromatic N) is 2. The lowest BCUT2D eigenvalue weighted by Gasteiger charge is -2.31. The Labute approximate surface area is 106 Å². The number of hydrogen-bond acceptors (Lipinski definition) is 5. The summed E-state index contributed by atoms with van der Waals surface area (Å²) in [6, 6.07) is 0. The molecule has 2 rings (SSSR count). The number of piperidine rings is 1. The fourth-order valence-corrected chi connectivity index (χ4v) is 3.02. The molecule has 1 aromatic heterocycles. The van der Waals surface area contributed by atoms with Gasteiger partial charge in [0.05, 0.1) is 24.8 Å². The van der Waals surface area contributed by atoms with Crippen LogP contribution in [-0.2, 0) is 4.74 Å². The van der Waals surface area contributed by atoms with E-state index in [-0.39, 0.29) is 6.61 Å². The van der Waals surface area contributed by atoms with E-state index in [4.69, 9.17) is 9.84 Å². The highest BCUT2D eigenvalue weighted by Crippen LogP contribution is 2.27. The molecule has 96 valence electrons. The Morgan fingerprint density at radius 3 is 3.24 bits per heavy atom. The van der Waals surface area contributed by atoms with Gasteiger partial charge in [-0.15, -0.1) is 11.3 Å². The average molecular weight is 256 g/mol. The van der Waals surface area contributed by atoms with Gasteiger partial charge in [-0.25, -0.2) is 4.98 Å². The highest BCUT2D eigenvalue weighted by atomic mass is 32.1. The summed E-state index contributed by atoms with van der Waals surface area (Å²) in [7, 11) is 0. The lowest BCUT2D eigenvalue weighted by molar-refractivity contribution is 0.0672. The molecule has 1 aliphatic heterocycles. The van der Waals surface area contributed by atoms with Crippen molar-refractivity contribution in [2.24, 2.45) is 0 Å². The summed E-state index contributed by atoms with van der Waals surface area (Å²) in [5, 5.41) is 11.9. The van der Waals surface area contributed by atoms with Crippen molar-refractivity contribution in [3.8, 4) is 0 Å². The van der Waals surface area contributed by atoms with Gasteiger partial charge in [0.15, 0.2) is 0 Å². The van der Waals surface area contributed by atoms with Crippen molar-refractivity contribution in [1.29, 1.82) is 0 Å². The van der Waals surface area contributed by atoms with Crippen LogP contribution in [0.3, 0.4) is 0 Å². The van der Waals surface area contributed by atoms with E-state index in [0.717, 1.165) is 19.6 Å². The van der Waals surface area contributed by atoms with Gasteiger partial charge in [0, 0.05) is 30.6 Å². The van der Waals surface area contributed by atoms with Crippen LogP contribution < -0.4 is 0 Å². The number of aromatic nitrogens is 1. The van der Waals surface area contributed by atoms with E-state index in [1.165, 1.54) is 17.8 Å². The quantitative estimate of drug-likeness (QED) is 0.780. The Morgan fingerprint density at radius 2 is 2.47 bits per heavy atom. The van der Waals surface area contributed by atoms with E-state index in [0.29, 0.717) is 19.1 Å². The van der Waals surface area contributed by atoms with Crippen molar-refractivity contribution in [2.75, 3.05) is 39.5 Å². The number of thiazole rings is 1. The Balaban J connectivity index is 1.73. The predicted molar refractivity (Wildman–Crippen MR) is 68.4 cm³/mol. The van der Waals surface area contributed by atoms with Crippen molar-refractivity contribution < 1.29 is 9.84 Å². The van der Waals surface area contributed by atoms with Gasteiger partial charge >= 0.3 is 0 Å². The van der Waals surface area contributed by atoms with Crippen LogP contribution in [0.2, 0.25) is 0 Å². The molecule has 1 aliphatic rings. The third-order valence-corrected chi connectivity index (χ3v) is 4.03. The molecule has 0 aliphatic carbocycles. The largest absolute Gasteiger partial charge is 0.394 e. The average Bonchev–Trinajstić information content (AvgIpc) is 2.89. The van der Waals surface area contributed by atoms with Crippen LogP contribution in [0.4, 0.5) is 0 Å². The summed E-state index contributed by atoms with van der Waals surface area (Å²) in [6.45, 7) is 4.48. The van der Waals surface area contributed by atoms with Crippen molar-refractivity contribution in [1.82, 2.24) is 9.88 Å². The van der Waals surface area contributed by atoms with E-state index < -0.39 is 0 Å². The molecule has 1 saturated heterocycles. The van der Waals surface area contributed by atoms with E-state index in [1.807, 2.05) is 6.20 Å². The lowest BCUT2D eigenvalue weighted by Crippen LogP contribution is -2.36. The maximum Gasteiger partial charge on any atom is 0.0968 e. The second-order valence-electron chi connectivity index (χ2n) is 4.35. The maximum absolute atomic E-state index is 8.62. The zero-order valence-corrected chi connectivity index (χ0v) is 10.9. The Morgan fingerprint density at radius 1 is 1.53 bits per heavy atom. The third kappa shape index (κ3) is 4.03. The van der Waals surface area contributed by atoms with E-state index in [1.54, 1.807) is 11.3 Å². The van der Waals surface area contributed by atoms with Gasteiger partial charge in [-0.3, -0.25) is 0 Å². The number of hydrogen-bond donors (Lipinski definition) is 1. The molecule has 1 unspecified atom stereocenters. The van der Waals surface area contributed by atoms with E-state index in [2.05, 4.69) is 15.3 Å². The second-order valence-corrected chi connectivity index (χ2v) is 5.27. The molecule has 5 heteroatoms. The number of rotatable bonds is 6. The first-order valence-corrected chi connectivity index (χ1v) is 7.08. The first-order chi connectivity index (χ1) is 8.40. The van der Waals surface area contributed by atoms with Gasteiger partial charge in [0.2, 0.25) is 0 Å². The highest BCUT2D eigenvalue weighted by Gasteiger charge is 2.22. The van der Waals surface area contributed by atoms with Crippen LogP contribution in [-0.4, -0.2) is 54.4 Å². The van der Waals surface area contributed by atoms with E-state index >= 15 is 0 Å². The summed E-state index contributed by atoms with van der Waals surface area (Å²) >= 11 is 1.76. The Hall–Kier alpha value is -0.490. The van der Waals surface area contributed by atoms with Gasteiger partial charge in [0.1, 0.15) is 0 Å². The first kappa shape index (κ1) is 13.0. The number of ether oxygens (including phenoxy) is 1. The van der Waals surface area contributed by atoms with Gasteiger partial charge < -0.3 is 14.7 Å². The molecule has 4 nitrogen and oxygen atoms in total. The molecular formula is C12H20N2O2S. The molecular weight excluding hydrogens is 236 g/mol. The maximum atomic E-state index is 8.62. The molecule has 17 heavy (non-hydrogen) atoms. The second kappa shape index (κ2) is 7.06.